The van der Waals surface area contributed by atoms with Crippen LogP contribution in [0.1, 0.15) is 49.3 Å². The van der Waals surface area contributed by atoms with Gasteiger partial charge in [0.15, 0.2) is 0 Å². The Bertz CT molecular complexity index is 1210. The van der Waals surface area contributed by atoms with Crippen molar-refractivity contribution >= 4 is 20.9 Å². The molecule has 1 saturated heterocycles. The van der Waals surface area contributed by atoms with Crippen LogP contribution >= 0.6 is 0 Å². The van der Waals surface area contributed by atoms with Crippen LogP contribution in [-0.4, -0.2) is 48.0 Å². The number of fused-ring (bicyclic) bond motifs is 2. The van der Waals surface area contributed by atoms with Crippen molar-refractivity contribution in [3.63, 3.8) is 0 Å². The first-order valence-corrected chi connectivity index (χ1v) is 13.0. The number of aromatic nitrogens is 1. The number of benzene rings is 2. The zero-order valence-corrected chi connectivity index (χ0v) is 19.2. The number of piperidine rings is 1. The van der Waals surface area contributed by atoms with Crippen molar-refractivity contribution in [2.75, 3.05) is 25.4 Å². The molecule has 0 amide bonds. The third-order valence-corrected chi connectivity index (χ3v) is 9.02. The fourth-order valence-corrected chi connectivity index (χ4v) is 6.29. The molecule has 0 bridgehead atoms. The van der Waals surface area contributed by atoms with Gasteiger partial charge in [-0.3, -0.25) is 4.90 Å². The minimum Gasteiger partial charge on any atom is -0.361 e. The average molecular weight is 438 g/mol. The second-order valence-corrected chi connectivity index (χ2v) is 11.1. The molecule has 0 spiro atoms. The van der Waals surface area contributed by atoms with Gasteiger partial charge < -0.3 is 4.98 Å². The average Bonchev–Trinajstić information content (AvgIpc) is 3.42. The number of hydrogen-bond acceptors (Lipinski definition) is 3. The lowest BCUT2D eigenvalue weighted by Gasteiger charge is -2.30. The first-order chi connectivity index (χ1) is 15.0. The van der Waals surface area contributed by atoms with Crippen LogP contribution in [-0.2, 0) is 23.1 Å². The molecule has 3 aromatic rings. The molecule has 0 aliphatic carbocycles. The molecule has 3 heterocycles. The molecule has 0 radical (unpaired) electrons. The third-order valence-electron chi connectivity index (χ3n) is 7.14. The summed E-state index contributed by atoms with van der Waals surface area (Å²) in [6.07, 6.45) is 3.88. The van der Waals surface area contributed by atoms with Crippen LogP contribution in [0, 0.1) is 0 Å². The van der Waals surface area contributed by atoms with E-state index in [0.717, 1.165) is 38.0 Å². The van der Waals surface area contributed by atoms with Crippen LogP contribution < -0.4 is 0 Å². The summed E-state index contributed by atoms with van der Waals surface area (Å²) < 4.78 is 26.1. The molecule has 31 heavy (non-hydrogen) atoms. The van der Waals surface area contributed by atoms with E-state index in [-0.39, 0.29) is 5.75 Å². The number of nitrogens with one attached hydrogen (secondary N) is 1. The highest BCUT2D eigenvalue weighted by molar-refractivity contribution is 7.89. The second kappa shape index (κ2) is 8.08. The minimum atomic E-state index is -3.09. The molecule has 1 aromatic heterocycles. The molecule has 6 heteroatoms. The zero-order chi connectivity index (χ0) is 21.6. The number of nitrogens with zero attached hydrogens (tertiary/aromatic N) is 2. The molecule has 2 aromatic carbocycles. The Kier molecular flexibility index (Phi) is 5.40. The lowest BCUT2D eigenvalue weighted by atomic mass is 9.89. The number of H-pyrrole nitrogens is 1. The Labute approximate surface area is 185 Å². The highest BCUT2D eigenvalue weighted by Gasteiger charge is 2.28. The van der Waals surface area contributed by atoms with Gasteiger partial charge in [0.1, 0.15) is 0 Å². The van der Waals surface area contributed by atoms with Crippen molar-refractivity contribution in [3.05, 3.63) is 59.3 Å². The molecular weight excluding hydrogens is 406 g/mol. The quantitative estimate of drug-likeness (QED) is 0.629. The van der Waals surface area contributed by atoms with Gasteiger partial charge in [0.05, 0.1) is 5.75 Å². The Morgan fingerprint density at radius 3 is 2.42 bits per heavy atom. The molecule has 0 unspecified atom stereocenters. The summed E-state index contributed by atoms with van der Waals surface area (Å²) in [4.78, 5) is 5.90. The van der Waals surface area contributed by atoms with E-state index in [9.17, 15) is 8.42 Å². The Balaban J connectivity index is 1.41. The summed E-state index contributed by atoms with van der Waals surface area (Å²) in [5, 5.41) is 1.27. The van der Waals surface area contributed by atoms with Crippen molar-refractivity contribution in [2.45, 2.75) is 45.7 Å². The Hall–Kier alpha value is -2.15. The maximum absolute atomic E-state index is 12.2. The van der Waals surface area contributed by atoms with Gasteiger partial charge in [0.2, 0.25) is 10.0 Å². The standard InChI is InChI=1S/C25H31N3O2S/c1-3-27-16-21-6-5-19(13-22(21)17-27)20-7-8-25-23(14-20)24(15-26-25)18-9-11-28(12-10-18)31(29,30)4-2/h5-8,13-15,18,26H,3-4,9-12,16-17H2,1-2H3. The van der Waals surface area contributed by atoms with E-state index in [1.165, 1.54) is 33.2 Å². The van der Waals surface area contributed by atoms with E-state index in [0.29, 0.717) is 19.0 Å². The predicted molar refractivity (Wildman–Crippen MR) is 127 cm³/mol. The number of aromatic amines is 1. The van der Waals surface area contributed by atoms with Crippen LogP contribution in [0.5, 0.6) is 0 Å². The molecule has 2 aliphatic rings. The van der Waals surface area contributed by atoms with Crippen molar-refractivity contribution in [2.24, 2.45) is 0 Å². The number of hydrogen-bond donors (Lipinski definition) is 1. The van der Waals surface area contributed by atoms with Gasteiger partial charge in [0, 0.05) is 43.3 Å². The maximum atomic E-state index is 12.2. The van der Waals surface area contributed by atoms with Crippen molar-refractivity contribution in [3.8, 4) is 11.1 Å². The molecular formula is C25H31N3O2S. The van der Waals surface area contributed by atoms with Crippen LogP contribution in [0.15, 0.2) is 42.6 Å². The second-order valence-electron chi connectivity index (χ2n) is 8.87. The molecule has 0 saturated carbocycles. The van der Waals surface area contributed by atoms with E-state index < -0.39 is 10.0 Å². The van der Waals surface area contributed by atoms with Gasteiger partial charge in [-0.05, 0) is 78.2 Å². The largest absolute Gasteiger partial charge is 0.361 e. The van der Waals surface area contributed by atoms with Crippen molar-refractivity contribution < 1.29 is 8.42 Å². The summed E-state index contributed by atoms with van der Waals surface area (Å²) in [7, 11) is -3.09. The normalized spacial score (nSPS) is 18.6. The first-order valence-electron chi connectivity index (χ1n) is 11.4. The maximum Gasteiger partial charge on any atom is 0.213 e. The SMILES string of the molecule is CCN1Cc2ccc(-c3ccc4[nH]cc(C5CCN(S(=O)(=O)CC)CC5)c4c3)cc2C1. The number of rotatable bonds is 5. The molecule has 1 fully saturated rings. The van der Waals surface area contributed by atoms with Crippen molar-refractivity contribution in [1.82, 2.24) is 14.2 Å². The van der Waals surface area contributed by atoms with Gasteiger partial charge in [-0.1, -0.05) is 25.1 Å². The first kappa shape index (κ1) is 20.7. The minimum absolute atomic E-state index is 0.185. The highest BCUT2D eigenvalue weighted by Crippen LogP contribution is 2.36. The van der Waals surface area contributed by atoms with E-state index in [1.54, 1.807) is 11.2 Å². The van der Waals surface area contributed by atoms with E-state index in [1.807, 2.05) is 0 Å². The van der Waals surface area contributed by atoms with Gasteiger partial charge in [-0.2, -0.15) is 0 Å². The lowest BCUT2D eigenvalue weighted by molar-refractivity contribution is 0.301. The number of sulfonamides is 1. The lowest BCUT2D eigenvalue weighted by Crippen LogP contribution is -2.38. The van der Waals surface area contributed by atoms with Gasteiger partial charge in [-0.25, -0.2) is 12.7 Å². The molecule has 5 nitrogen and oxygen atoms in total. The third kappa shape index (κ3) is 3.81. The van der Waals surface area contributed by atoms with Crippen LogP contribution in [0.3, 0.4) is 0 Å². The van der Waals surface area contributed by atoms with E-state index in [2.05, 4.69) is 59.4 Å². The summed E-state index contributed by atoms with van der Waals surface area (Å²) in [5.74, 6) is 0.579. The van der Waals surface area contributed by atoms with E-state index in [4.69, 9.17) is 0 Å². The van der Waals surface area contributed by atoms with Crippen LogP contribution in [0.4, 0.5) is 0 Å². The molecule has 164 valence electrons. The molecule has 5 rings (SSSR count). The zero-order valence-electron chi connectivity index (χ0n) is 18.4. The summed E-state index contributed by atoms with van der Waals surface area (Å²) >= 11 is 0. The summed E-state index contributed by atoms with van der Waals surface area (Å²) in [5.41, 5.74) is 7.89. The fraction of sp³-hybridized carbons (Fsp3) is 0.440. The Morgan fingerprint density at radius 2 is 1.68 bits per heavy atom. The molecule has 0 atom stereocenters. The van der Waals surface area contributed by atoms with Gasteiger partial charge in [0.25, 0.3) is 0 Å². The predicted octanol–water partition coefficient (Wildman–Crippen LogP) is 4.70. The monoisotopic (exact) mass is 437 g/mol. The summed E-state index contributed by atoms with van der Waals surface area (Å²) in [6.45, 7) is 8.35. The van der Waals surface area contributed by atoms with Crippen molar-refractivity contribution in [1.29, 1.82) is 0 Å². The Morgan fingerprint density at radius 1 is 0.968 bits per heavy atom. The molecule has 2 aliphatic heterocycles. The molecule has 1 N–H and O–H groups in total. The van der Waals surface area contributed by atoms with E-state index >= 15 is 0 Å². The van der Waals surface area contributed by atoms with Crippen LogP contribution in [0.2, 0.25) is 0 Å². The van der Waals surface area contributed by atoms with Crippen LogP contribution in [0.25, 0.3) is 22.0 Å². The smallest absolute Gasteiger partial charge is 0.213 e. The highest BCUT2D eigenvalue weighted by atomic mass is 32.2. The fourth-order valence-electron chi connectivity index (χ4n) is 5.16. The topological polar surface area (TPSA) is 56.4 Å². The summed E-state index contributed by atoms with van der Waals surface area (Å²) in [6, 6.07) is 13.6. The van der Waals surface area contributed by atoms with Gasteiger partial charge in [-0.15, -0.1) is 0 Å². The van der Waals surface area contributed by atoms with Gasteiger partial charge >= 0.3 is 0 Å².